The number of aliphatic hydroxyl groups is 1. The molecule has 1 aromatic carbocycles. The third kappa shape index (κ3) is 7.19. The van der Waals surface area contributed by atoms with Gasteiger partial charge in [-0.25, -0.2) is 4.79 Å². The summed E-state index contributed by atoms with van der Waals surface area (Å²) in [6.07, 6.45) is 1.62. The molecular formula is C16H23NO5. The number of ether oxygens (including phenoxy) is 1. The van der Waals surface area contributed by atoms with Crippen LogP contribution in [0.15, 0.2) is 30.3 Å². The zero-order chi connectivity index (χ0) is 16.4. The van der Waals surface area contributed by atoms with Crippen molar-refractivity contribution in [2.45, 2.75) is 31.8 Å². The highest BCUT2D eigenvalue weighted by Crippen LogP contribution is 2.02. The Hall–Kier alpha value is -1.92. The van der Waals surface area contributed by atoms with Crippen molar-refractivity contribution < 1.29 is 24.5 Å². The lowest BCUT2D eigenvalue weighted by molar-refractivity contribution is -0.156. The number of aliphatic carboxylic acids is 1. The highest BCUT2D eigenvalue weighted by Gasteiger charge is 2.30. The minimum absolute atomic E-state index is 0.237. The molecule has 1 unspecified atom stereocenters. The van der Waals surface area contributed by atoms with Gasteiger partial charge in [0.2, 0.25) is 5.91 Å². The van der Waals surface area contributed by atoms with E-state index in [-0.39, 0.29) is 18.9 Å². The van der Waals surface area contributed by atoms with Gasteiger partial charge in [0.05, 0.1) is 13.2 Å². The third-order valence-electron chi connectivity index (χ3n) is 3.16. The number of carboxylic acid groups (broad SMARTS) is 1. The lowest BCUT2D eigenvalue weighted by Crippen LogP contribution is -2.46. The Morgan fingerprint density at radius 3 is 2.55 bits per heavy atom. The molecule has 0 bridgehead atoms. The number of hydrogen-bond donors (Lipinski definition) is 3. The van der Waals surface area contributed by atoms with Crippen LogP contribution >= 0.6 is 0 Å². The van der Waals surface area contributed by atoms with Crippen LogP contribution in [0.5, 0.6) is 0 Å². The fourth-order valence-electron chi connectivity index (χ4n) is 1.71. The summed E-state index contributed by atoms with van der Waals surface area (Å²) < 4.78 is 5.45. The van der Waals surface area contributed by atoms with Crippen molar-refractivity contribution >= 4 is 11.9 Å². The van der Waals surface area contributed by atoms with Gasteiger partial charge in [-0.1, -0.05) is 30.3 Å². The summed E-state index contributed by atoms with van der Waals surface area (Å²) in [5.74, 6) is -1.66. The quantitative estimate of drug-likeness (QED) is 0.560. The molecule has 0 aliphatic rings. The van der Waals surface area contributed by atoms with Gasteiger partial charge in [0.1, 0.15) is 0 Å². The molecule has 1 aromatic rings. The molecule has 0 saturated carbocycles. The molecule has 0 aromatic heterocycles. The smallest absolute Gasteiger partial charge is 0.337 e. The Morgan fingerprint density at radius 2 is 1.91 bits per heavy atom. The van der Waals surface area contributed by atoms with Gasteiger partial charge in [-0.05, 0) is 25.3 Å². The molecule has 0 fully saturated rings. The van der Waals surface area contributed by atoms with Crippen molar-refractivity contribution in [1.29, 1.82) is 0 Å². The summed E-state index contributed by atoms with van der Waals surface area (Å²) in [4.78, 5) is 22.2. The molecule has 122 valence electrons. The molecule has 0 saturated heterocycles. The number of carbonyl (C=O) groups is 2. The van der Waals surface area contributed by atoms with E-state index in [2.05, 4.69) is 5.32 Å². The van der Waals surface area contributed by atoms with Crippen molar-refractivity contribution in [2.24, 2.45) is 0 Å². The maximum atomic E-state index is 11.5. The van der Waals surface area contributed by atoms with Crippen LogP contribution in [0.1, 0.15) is 25.3 Å². The Bertz CT molecular complexity index is 473. The molecule has 6 heteroatoms. The van der Waals surface area contributed by atoms with Crippen LogP contribution in [0.4, 0.5) is 0 Å². The minimum atomic E-state index is -1.94. The van der Waals surface area contributed by atoms with E-state index < -0.39 is 11.6 Å². The molecule has 0 spiro atoms. The van der Waals surface area contributed by atoms with Gasteiger partial charge >= 0.3 is 5.97 Å². The number of nitrogens with one attached hydrogen (secondary N) is 1. The van der Waals surface area contributed by atoms with Crippen LogP contribution in [-0.4, -0.2) is 47.4 Å². The Morgan fingerprint density at radius 1 is 1.23 bits per heavy atom. The summed E-state index contributed by atoms with van der Waals surface area (Å²) in [7, 11) is 0. The summed E-state index contributed by atoms with van der Waals surface area (Å²) in [5, 5.41) is 20.5. The predicted octanol–water partition coefficient (Wildman–Crippen LogP) is 0.978. The van der Waals surface area contributed by atoms with E-state index in [1.54, 1.807) is 0 Å². The van der Waals surface area contributed by atoms with Crippen molar-refractivity contribution in [3.63, 3.8) is 0 Å². The average molecular weight is 309 g/mol. The molecule has 0 heterocycles. The fourth-order valence-corrected chi connectivity index (χ4v) is 1.71. The van der Waals surface area contributed by atoms with Crippen molar-refractivity contribution in [3.8, 4) is 0 Å². The first kappa shape index (κ1) is 18.1. The lowest BCUT2D eigenvalue weighted by Gasteiger charge is -2.18. The van der Waals surface area contributed by atoms with E-state index in [1.165, 1.54) is 5.56 Å². The van der Waals surface area contributed by atoms with Gasteiger partial charge in [-0.15, -0.1) is 0 Å². The van der Waals surface area contributed by atoms with Gasteiger partial charge in [0, 0.05) is 13.0 Å². The average Bonchev–Trinajstić information content (AvgIpc) is 2.49. The number of carbonyl (C=O) groups excluding carboxylic acids is 1. The summed E-state index contributed by atoms with van der Waals surface area (Å²) in [5.41, 5.74) is -0.738. The van der Waals surface area contributed by atoms with E-state index >= 15 is 0 Å². The fraction of sp³-hybridized carbons (Fsp3) is 0.500. The SMILES string of the molecule is CC(O)(CNC(=O)CCCOCCc1ccccc1)C(=O)O. The van der Waals surface area contributed by atoms with Crippen LogP contribution in [0.3, 0.4) is 0 Å². The number of amides is 1. The van der Waals surface area contributed by atoms with Gasteiger partial charge in [0.15, 0.2) is 5.60 Å². The molecule has 3 N–H and O–H groups in total. The highest BCUT2D eigenvalue weighted by molar-refractivity contribution is 5.80. The van der Waals surface area contributed by atoms with E-state index in [1.807, 2.05) is 30.3 Å². The van der Waals surface area contributed by atoms with E-state index in [0.29, 0.717) is 19.6 Å². The molecule has 1 atom stereocenters. The summed E-state index contributed by atoms with van der Waals surface area (Å²) >= 11 is 0. The van der Waals surface area contributed by atoms with E-state index in [9.17, 15) is 14.7 Å². The Labute approximate surface area is 130 Å². The van der Waals surface area contributed by atoms with Crippen molar-refractivity contribution in [2.75, 3.05) is 19.8 Å². The largest absolute Gasteiger partial charge is 0.479 e. The monoisotopic (exact) mass is 309 g/mol. The zero-order valence-corrected chi connectivity index (χ0v) is 12.7. The first-order chi connectivity index (χ1) is 10.4. The molecule has 1 rings (SSSR count). The van der Waals surface area contributed by atoms with Gasteiger partial charge in [-0.3, -0.25) is 4.79 Å². The Kier molecular flexibility index (Phi) is 7.56. The van der Waals surface area contributed by atoms with E-state index in [0.717, 1.165) is 13.3 Å². The second kappa shape index (κ2) is 9.17. The molecule has 0 aliphatic heterocycles. The number of rotatable bonds is 10. The first-order valence-corrected chi connectivity index (χ1v) is 7.26. The normalized spacial score (nSPS) is 13.4. The number of hydrogen-bond acceptors (Lipinski definition) is 4. The third-order valence-corrected chi connectivity index (χ3v) is 3.16. The molecule has 1 amide bonds. The topological polar surface area (TPSA) is 95.9 Å². The molecule has 6 nitrogen and oxygen atoms in total. The van der Waals surface area contributed by atoms with Crippen LogP contribution in [0.25, 0.3) is 0 Å². The maximum absolute atomic E-state index is 11.5. The molecule has 0 radical (unpaired) electrons. The van der Waals surface area contributed by atoms with Crippen LogP contribution in [0.2, 0.25) is 0 Å². The maximum Gasteiger partial charge on any atom is 0.337 e. The van der Waals surface area contributed by atoms with Crippen LogP contribution < -0.4 is 5.32 Å². The standard InChI is InChI=1S/C16H23NO5/c1-16(21,15(19)20)12-17-14(18)8-5-10-22-11-9-13-6-3-2-4-7-13/h2-4,6-7,21H,5,8-12H2,1H3,(H,17,18)(H,19,20). The molecular weight excluding hydrogens is 286 g/mol. The molecule has 0 aliphatic carbocycles. The number of benzene rings is 1. The first-order valence-electron chi connectivity index (χ1n) is 7.26. The predicted molar refractivity (Wildman–Crippen MR) is 81.5 cm³/mol. The summed E-state index contributed by atoms with van der Waals surface area (Å²) in [6, 6.07) is 9.98. The zero-order valence-electron chi connectivity index (χ0n) is 12.7. The summed E-state index contributed by atoms with van der Waals surface area (Å²) in [6.45, 7) is 1.90. The minimum Gasteiger partial charge on any atom is -0.479 e. The van der Waals surface area contributed by atoms with Crippen LogP contribution in [-0.2, 0) is 20.7 Å². The second-order valence-corrected chi connectivity index (χ2v) is 5.31. The van der Waals surface area contributed by atoms with Gasteiger partial charge < -0.3 is 20.3 Å². The van der Waals surface area contributed by atoms with Crippen molar-refractivity contribution in [3.05, 3.63) is 35.9 Å². The molecule has 22 heavy (non-hydrogen) atoms. The van der Waals surface area contributed by atoms with Crippen molar-refractivity contribution in [1.82, 2.24) is 5.32 Å². The van der Waals surface area contributed by atoms with E-state index in [4.69, 9.17) is 9.84 Å². The second-order valence-electron chi connectivity index (χ2n) is 5.31. The van der Waals surface area contributed by atoms with Crippen LogP contribution in [0, 0.1) is 0 Å². The number of carboxylic acids is 1. The Balaban J connectivity index is 2.05. The van der Waals surface area contributed by atoms with Gasteiger partial charge in [-0.2, -0.15) is 0 Å². The highest BCUT2D eigenvalue weighted by atomic mass is 16.5. The van der Waals surface area contributed by atoms with Gasteiger partial charge in [0.25, 0.3) is 0 Å². The lowest BCUT2D eigenvalue weighted by atomic mass is 10.1.